The highest BCUT2D eigenvalue weighted by atomic mass is 32.2. The maximum Gasteiger partial charge on any atom is 0.319 e. The van der Waals surface area contributed by atoms with Crippen molar-refractivity contribution in [3.63, 3.8) is 0 Å². The fourth-order valence-electron chi connectivity index (χ4n) is 3.09. The molecule has 2 N–H and O–H groups in total. The van der Waals surface area contributed by atoms with Crippen LogP contribution in [0.1, 0.15) is 29.6 Å². The Morgan fingerprint density at radius 3 is 2.58 bits per heavy atom. The number of rotatable bonds is 3. The summed E-state index contributed by atoms with van der Waals surface area (Å²) in [6.07, 6.45) is 2.48. The van der Waals surface area contributed by atoms with E-state index in [-0.39, 0.29) is 23.5 Å². The van der Waals surface area contributed by atoms with Crippen LogP contribution < -0.4 is 10.6 Å². The van der Waals surface area contributed by atoms with Crippen molar-refractivity contribution in [2.45, 2.75) is 25.3 Å². The molecule has 3 amide bonds. The van der Waals surface area contributed by atoms with E-state index in [1.165, 1.54) is 0 Å². The summed E-state index contributed by atoms with van der Waals surface area (Å²) in [6, 6.07) is 5.98. The van der Waals surface area contributed by atoms with Crippen LogP contribution in [0, 0.1) is 0 Å². The molecule has 2 heterocycles. The van der Waals surface area contributed by atoms with E-state index in [0.29, 0.717) is 17.7 Å². The predicted octanol–water partition coefficient (Wildman–Crippen LogP) is 1.23. The van der Waals surface area contributed by atoms with Gasteiger partial charge in [-0.2, -0.15) is 0 Å². The van der Waals surface area contributed by atoms with E-state index in [0.717, 1.165) is 25.9 Å². The van der Waals surface area contributed by atoms with Crippen LogP contribution in [0.3, 0.4) is 0 Å². The number of likely N-dealkylation sites (tertiary alicyclic amines) is 1. The van der Waals surface area contributed by atoms with Gasteiger partial charge in [0.2, 0.25) is 0 Å². The average Bonchev–Trinajstić information content (AvgIpc) is 3.16. The number of hydrogen-bond acceptors (Lipinski definition) is 4. The summed E-state index contributed by atoms with van der Waals surface area (Å²) >= 11 is 0. The maximum absolute atomic E-state index is 12.4. The van der Waals surface area contributed by atoms with E-state index in [9.17, 15) is 18.0 Å². The summed E-state index contributed by atoms with van der Waals surface area (Å²) in [5.41, 5.74) is 1.05. The third-order valence-electron chi connectivity index (χ3n) is 4.33. The fraction of sp³-hybridized carbons (Fsp3) is 0.500. The molecule has 1 atom stereocenters. The summed E-state index contributed by atoms with van der Waals surface area (Å²) in [5.74, 6) is 0.0597. The van der Waals surface area contributed by atoms with Crippen LogP contribution in [0.4, 0.5) is 10.5 Å². The molecule has 1 unspecified atom stereocenters. The Morgan fingerprint density at radius 1 is 1.17 bits per heavy atom. The van der Waals surface area contributed by atoms with Gasteiger partial charge in [0, 0.05) is 30.4 Å². The quantitative estimate of drug-likeness (QED) is 0.856. The summed E-state index contributed by atoms with van der Waals surface area (Å²) in [6.45, 7) is 1.54. The first-order valence-electron chi connectivity index (χ1n) is 8.10. The van der Waals surface area contributed by atoms with Crippen molar-refractivity contribution in [2.24, 2.45) is 0 Å². The monoisotopic (exact) mass is 351 g/mol. The van der Waals surface area contributed by atoms with Gasteiger partial charge in [0.25, 0.3) is 5.91 Å². The Labute approximate surface area is 141 Å². The van der Waals surface area contributed by atoms with Crippen LogP contribution in [0.2, 0.25) is 0 Å². The van der Waals surface area contributed by atoms with Gasteiger partial charge in [-0.3, -0.25) is 4.79 Å². The summed E-state index contributed by atoms with van der Waals surface area (Å²) < 4.78 is 22.8. The SMILES string of the molecule is O=C(Nc1cccc(C(=O)N2CCCC2)c1)NC1CCS(=O)(=O)C1. The molecule has 0 radical (unpaired) electrons. The van der Waals surface area contributed by atoms with Crippen LogP contribution in [0.5, 0.6) is 0 Å². The first-order chi connectivity index (χ1) is 11.4. The van der Waals surface area contributed by atoms with Crippen molar-refractivity contribution >= 4 is 27.5 Å². The Morgan fingerprint density at radius 2 is 1.92 bits per heavy atom. The van der Waals surface area contributed by atoms with Crippen molar-refractivity contribution in [1.82, 2.24) is 10.2 Å². The summed E-state index contributed by atoms with van der Waals surface area (Å²) in [7, 11) is -3.03. The van der Waals surface area contributed by atoms with Crippen LogP contribution in [-0.2, 0) is 9.84 Å². The topological polar surface area (TPSA) is 95.6 Å². The van der Waals surface area contributed by atoms with E-state index < -0.39 is 15.9 Å². The Kier molecular flexibility index (Phi) is 4.75. The Hall–Kier alpha value is -2.09. The van der Waals surface area contributed by atoms with Gasteiger partial charge in [-0.15, -0.1) is 0 Å². The molecular weight excluding hydrogens is 330 g/mol. The minimum absolute atomic E-state index is 0.0199. The third-order valence-corrected chi connectivity index (χ3v) is 6.10. The standard InChI is InChI=1S/C16H21N3O4S/c20-15(19-7-1-2-8-19)12-4-3-5-13(10-12)17-16(21)18-14-6-9-24(22,23)11-14/h3-5,10,14H,1-2,6-9,11H2,(H2,17,18,21). The number of hydrogen-bond donors (Lipinski definition) is 2. The zero-order valence-corrected chi connectivity index (χ0v) is 14.1. The number of sulfone groups is 1. The molecule has 8 heteroatoms. The van der Waals surface area contributed by atoms with Crippen molar-refractivity contribution in [2.75, 3.05) is 29.9 Å². The smallest absolute Gasteiger partial charge is 0.319 e. The molecule has 1 aromatic carbocycles. The minimum Gasteiger partial charge on any atom is -0.339 e. The molecule has 0 saturated carbocycles. The number of amides is 3. The Bertz CT molecular complexity index is 741. The molecule has 0 spiro atoms. The lowest BCUT2D eigenvalue weighted by Crippen LogP contribution is -2.38. The lowest BCUT2D eigenvalue weighted by molar-refractivity contribution is 0.0793. The second kappa shape index (κ2) is 6.80. The second-order valence-electron chi connectivity index (χ2n) is 6.28. The number of urea groups is 1. The number of anilines is 1. The normalized spacial score (nSPS) is 22.3. The fourth-order valence-corrected chi connectivity index (χ4v) is 4.77. The molecule has 2 aliphatic rings. The largest absolute Gasteiger partial charge is 0.339 e. The molecule has 3 rings (SSSR count). The first kappa shape index (κ1) is 16.8. The molecular formula is C16H21N3O4S. The van der Waals surface area contributed by atoms with Gasteiger partial charge in [0.15, 0.2) is 9.84 Å². The first-order valence-corrected chi connectivity index (χ1v) is 9.92. The highest BCUT2D eigenvalue weighted by Crippen LogP contribution is 2.17. The molecule has 7 nitrogen and oxygen atoms in total. The lowest BCUT2D eigenvalue weighted by atomic mass is 10.2. The summed E-state index contributed by atoms with van der Waals surface area (Å²) in [5, 5.41) is 5.33. The van der Waals surface area contributed by atoms with Crippen LogP contribution >= 0.6 is 0 Å². The van der Waals surface area contributed by atoms with E-state index in [4.69, 9.17) is 0 Å². The van der Waals surface area contributed by atoms with Gasteiger partial charge in [0.1, 0.15) is 0 Å². The van der Waals surface area contributed by atoms with Crippen molar-refractivity contribution in [1.29, 1.82) is 0 Å². The van der Waals surface area contributed by atoms with Gasteiger partial charge in [0.05, 0.1) is 11.5 Å². The molecule has 2 fully saturated rings. The minimum atomic E-state index is -3.03. The molecule has 24 heavy (non-hydrogen) atoms. The maximum atomic E-state index is 12.4. The van der Waals surface area contributed by atoms with Crippen molar-refractivity contribution < 1.29 is 18.0 Å². The van der Waals surface area contributed by atoms with Crippen molar-refractivity contribution in [3.8, 4) is 0 Å². The highest BCUT2D eigenvalue weighted by Gasteiger charge is 2.29. The number of benzene rings is 1. The van der Waals surface area contributed by atoms with Crippen LogP contribution in [0.15, 0.2) is 24.3 Å². The van der Waals surface area contributed by atoms with Gasteiger partial charge in [-0.25, -0.2) is 13.2 Å². The third kappa shape index (κ3) is 4.05. The molecule has 0 aromatic heterocycles. The lowest BCUT2D eigenvalue weighted by Gasteiger charge is -2.16. The highest BCUT2D eigenvalue weighted by molar-refractivity contribution is 7.91. The van der Waals surface area contributed by atoms with Crippen LogP contribution in [0.25, 0.3) is 0 Å². The van der Waals surface area contributed by atoms with Gasteiger partial charge >= 0.3 is 6.03 Å². The molecule has 130 valence electrons. The van der Waals surface area contributed by atoms with Gasteiger partial charge in [-0.05, 0) is 37.5 Å². The zero-order valence-electron chi connectivity index (χ0n) is 13.3. The molecule has 0 aliphatic carbocycles. The van der Waals surface area contributed by atoms with Gasteiger partial charge < -0.3 is 15.5 Å². The predicted molar refractivity (Wildman–Crippen MR) is 90.8 cm³/mol. The van der Waals surface area contributed by atoms with E-state index >= 15 is 0 Å². The van der Waals surface area contributed by atoms with E-state index in [2.05, 4.69) is 10.6 Å². The molecule has 2 aliphatic heterocycles. The van der Waals surface area contributed by atoms with E-state index in [1.807, 2.05) is 4.90 Å². The van der Waals surface area contributed by atoms with Gasteiger partial charge in [-0.1, -0.05) is 6.07 Å². The van der Waals surface area contributed by atoms with Crippen LogP contribution in [-0.4, -0.2) is 55.9 Å². The number of nitrogens with one attached hydrogen (secondary N) is 2. The number of carbonyl (C=O) groups excluding carboxylic acids is 2. The summed E-state index contributed by atoms with van der Waals surface area (Å²) in [4.78, 5) is 26.2. The van der Waals surface area contributed by atoms with Crippen molar-refractivity contribution in [3.05, 3.63) is 29.8 Å². The molecule has 0 bridgehead atoms. The zero-order chi connectivity index (χ0) is 17.2. The number of nitrogens with zero attached hydrogens (tertiary/aromatic N) is 1. The molecule has 1 aromatic rings. The Balaban J connectivity index is 1.60. The van der Waals surface area contributed by atoms with E-state index in [1.54, 1.807) is 24.3 Å². The second-order valence-corrected chi connectivity index (χ2v) is 8.51. The number of carbonyl (C=O) groups is 2. The molecule has 2 saturated heterocycles. The average molecular weight is 351 g/mol.